The fourth-order valence-electron chi connectivity index (χ4n) is 2.96. The van der Waals surface area contributed by atoms with Crippen LogP contribution in [0, 0.1) is 17.8 Å². The summed E-state index contributed by atoms with van der Waals surface area (Å²) in [6.45, 7) is 6.36. The lowest BCUT2D eigenvalue weighted by molar-refractivity contribution is 0.480. The zero-order valence-corrected chi connectivity index (χ0v) is 10.1. The third-order valence-corrected chi connectivity index (χ3v) is 3.58. The molecule has 3 heteroatoms. The number of rotatable bonds is 1. The molecule has 2 atom stereocenters. The first-order valence-corrected chi connectivity index (χ1v) is 6.09. The van der Waals surface area contributed by atoms with Gasteiger partial charge < -0.3 is 5.43 Å². The van der Waals surface area contributed by atoms with E-state index in [4.69, 9.17) is 10.8 Å². The molecule has 2 saturated carbocycles. The van der Waals surface area contributed by atoms with E-state index in [2.05, 4.69) is 26.2 Å². The van der Waals surface area contributed by atoms with Crippen LogP contribution in [0.4, 0.5) is 0 Å². The molecule has 0 spiro atoms. The van der Waals surface area contributed by atoms with Crippen LogP contribution in [0.5, 0.6) is 0 Å². The van der Waals surface area contributed by atoms with E-state index < -0.39 is 0 Å². The minimum atomic E-state index is -0.0204. The van der Waals surface area contributed by atoms with Gasteiger partial charge in [0.2, 0.25) is 0 Å². The number of fused-ring (bicyclic) bond motifs is 1. The Morgan fingerprint density at radius 1 is 1.20 bits per heavy atom. The topological polar surface area (TPSA) is 50.4 Å². The molecule has 0 heterocycles. The summed E-state index contributed by atoms with van der Waals surface area (Å²) in [5.74, 6) is 9.01. The Morgan fingerprint density at radius 3 is 2.13 bits per heavy atom. The number of aliphatic imine (C=N–C) groups is 1. The van der Waals surface area contributed by atoms with Crippen LogP contribution in [0.2, 0.25) is 0 Å². The van der Waals surface area contributed by atoms with E-state index in [1.165, 1.54) is 25.7 Å². The van der Waals surface area contributed by atoms with Gasteiger partial charge in [0.25, 0.3) is 0 Å². The Bertz CT molecular complexity index is 253. The monoisotopic (exact) mass is 209 g/mol. The number of amidine groups is 1. The molecule has 2 aliphatic rings. The Balaban J connectivity index is 2.06. The Kier molecular flexibility index (Phi) is 2.75. The molecule has 0 amide bonds. The van der Waals surface area contributed by atoms with Gasteiger partial charge in [-0.05, 0) is 45.4 Å². The first kappa shape index (κ1) is 10.9. The molecule has 0 aromatic carbocycles. The van der Waals surface area contributed by atoms with E-state index in [-0.39, 0.29) is 5.54 Å². The highest BCUT2D eigenvalue weighted by Crippen LogP contribution is 2.55. The van der Waals surface area contributed by atoms with Gasteiger partial charge in [-0.1, -0.05) is 12.8 Å². The second-order valence-corrected chi connectivity index (χ2v) is 5.95. The highest BCUT2D eigenvalue weighted by Gasteiger charge is 2.53. The number of nitrogens with two attached hydrogens (primary N) is 1. The number of hydrogen-bond acceptors (Lipinski definition) is 2. The van der Waals surface area contributed by atoms with Crippen molar-refractivity contribution in [2.75, 3.05) is 0 Å². The maximum atomic E-state index is 5.59. The summed E-state index contributed by atoms with van der Waals surface area (Å²) in [4.78, 5) is 4.69. The fourth-order valence-corrected chi connectivity index (χ4v) is 2.96. The van der Waals surface area contributed by atoms with Crippen LogP contribution in [-0.4, -0.2) is 11.4 Å². The molecule has 2 aliphatic carbocycles. The lowest BCUT2D eigenvalue weighted by Crippen LogP contribution is -2.35. The molecular formula is C12H23N3. The average molecular weight is 209 g/mol. The Labute approximate surface area is 92.5 Å². The summed E-state index contributed by atoms with van der Waals surface area (Å²) in [5, 5.41) is 0. The molecule has 0 aromatic heterocycles. The van der Waals surface area contributed by atoms with Crippen LogP contribution in [0.15, 0.2) is 4.99 Å². The number of hydrogen-bond donors (Lipinski definition) is 2. The molecule has 0 bridgehead atoms. The second kappa shape index (κ2) is 3.78. The molecule has 0 saturated heterocycles. The van der Waals surface area contributed by atoms with Gasteiger partial charge in [0, 0.05) is 5.92 Å². The van der Waals surface area contributed by atoms with Crippen LogP contribution in [0.25, 0.3) is 0 Å². The maximum absolute atomic E-state index is 5.59. The van der Waals surface area contributed by atoms with E-state index in [1.807, 2.05) is 0 Å². The van der Waals surface area contributed by atoms with E-state index >= 15 is 0 Å². The summed E-state index contributed by atoms with van der Waals surface area (Å²) >= 11 is 0. The molecule has 0 aliphatic heterocycles. The Hall–Kier alpha value is -0.570. The summed E-state index contributed by atoms with van der Waals surface area (Å²) in [7, 11) is 0. The zero-order valence-electron chi connectivity index (χ0n) is 10.1. The van der Waals surface area contributed by atoms with Crippen LogP contribution in [0.3, 0.4) is 0 Å². The van der Waals surface area contributed by atoms with Crippen LogP contribution >= 0.6 is 0 Å². The van der Waals surface area contributed by atoms with Gasteiger partial charge in [-0.2, -0.15) is 0 Å². The van der Waals surface area contributed by atoms with Crippen LogP contribution in [0.1, 0.15) is 46.5 Å². The van der Waals surface area contributed by atoms with Crippen molar-refractivity contribution in [1.82, 2.24) is 5.43 Å². The summed E-state index contributed by atoms with van der Waals surface area (Å²) in [6.07, 6.45) is 5.54. The quantitative estimate of drug-likeness (QED) is 0.301. The molecule has 86 valence electrons. The molecule has 0 aromatic rings. The van der Waals surface area contributed by atoms with Gasteiger partial charge >= 0.3 is 0 Å². The predicted octanol–water partition coefficient (Wildman–Crippen LogP) is 2.08. The zero-order chi connectivity index (χ0) is 11.1. The fraction of sp³-hybridized carbons (Fsp3) is 0.917. The third kappa shape index (κ3) is 2.33. The van der Waals surface area contributed by atoms with Gasteiger partial charge in [-0.3, -0.25) is 4.99 Å². The van der Waals surface area contributed by atoms with Crippen molar-refractivity contribution in [1.29, 1.82) is 0 Å². The SMILES string of the molecule is CC(C)(C)N=C(NN)C1C2CCCCC21. The molecule has 2 rings (SSSR count). The third-order valence-electron chi connectivity index (χ3n) is 3.58. The summed E-state index contributed by atoms with van der Waals surface area (Å²) in [6, 6.07) is 0. The van der Waals surface area contributed by atoms with Gasteiger partial charge in [-0.15, -0.1) is 0 Å². The van der Waals surface area contributed by atoms with Crippen LogP contribution < -0.4 is 11.3 Å². The Morgan fingerprint density at radius 2 is 1.73 bits per heavy atom. The highest BCUT2D eigenvalue weighted by atomic mass is 15.3. The minimum Gasteiger partial charge on any atom is -0.312 e. The molecule has 2 fully saturated rings. The first-order valence-electron chi connectivity index (χ1n) is 6.09. The number of nitrogens with zero attached hydrogens (tertiary/aromatic N) is 1. The van der Waals surface area contributed by atoms with Crippen molar-refractivity contribution < 1.29 is 0 Å². The summed E-state index contributed by atoms with van der Waals surface area (Å²) < 4.78 is 0. The smallest absolute Gasteiger partial charge is 0.115 e. The lowest BCUT2D eigenvalue weighted by Gasteiger charge is -2.15. The van der Waals surface area contributed by atoms with Gasteiger partial charge in [0.15, 0.2) is 0 Å². The van der Waals surface area contributed by atoms with Crippen molar-refractivity contribution in [2.24, 2.45) is 28.6 Å². The van der Waals surface area contributed by atoms with E-state index in [1.54, 1.807) is 0 Å². The van der Waals surface area contributed by atoms with Crippen molar-refractivity contribution in [3.05, 3.63) is 0 Å². The highest BCUT2D eigenvalue weighted by molar-refractivity contribution is 5.87. The van der Waals surface area contributed by atoms with Crippen molar-refractivity contribution in [3.63, 3.8) is 0 Å². The normalized spacial score (nSPS) is 36.0. The van der Waals surface area contributed by atoms with E-state index in [9.17, 15) is 0 Å². The average Bonchev–Trinajstić information content (AvgIpc) is 2.87. The van der Waals surface area contributed by atoms with E-state index in [0.29, 0.717) is 5.92 Å². The standard InChI is InChI=1S/C12H23N3/c1-12(2,3)14-11(15-13)10-8-6-4-5-7-9(8)10/h8-10H,4-7,13H2,1-3H3,(H,14,15). The molecule has 2 unspecified atom stereocenters. The second-order valence-electron chi connectivity index (χ2n) is 5.95. The molecule has 0 radical (unpaired) electrons. The van der Waals surface area contributed by atoms with Gasteiger partial charge in [0.05, 0.1) is 5.54 Å². The van der Waals surface area contributed by atoms with E-state index in [0.717, 1.165) is 17.7 Å². The van der Waals surface area contributed by atoms with Crippen molar-refractivity contribution in [3.8, 4) is 0 Å². The maximum Gasteiger partial charge on any atom is 0.115 e. The largest absolute Gasteiger partial charge is 0.312 e. The summed E-state index contributed by atoms with van der Waals surface area (Å²) in [5.41, 5.74) is 2.81. The molecular weight excluding hydrogens is 186 g/mol. The van der Waals surface area contributed by atoms with Gasteiger partial charge in [0.1, 0.15) is 5.84 Å². The van der Waals surface area contributed by atoms with Crippen molar-refractivity contribution in [2.45, 2.75) is 52.0 Å². The molecule has 15 heavy (non-hydrogen) atoms. The molecule has 3 N–H and O–H groups in total. The number of nitrogens with one attached hydrogen (secondary N) is 1. The number of hydrazine groups is 1. The lowest BCUT2D eigenvalue weighted by atomic mass is 10.0. The van der Waals surface area contributed by atoms with Gasteiger partial charge in [-0.25, -0.2) is 5.84 Å². The minimum absolute atomic E-state index is 0.0204. The van der Waals surface area contributed by atoms with Crippen molar-refractivity contribution >= 4 is 5.84 Å². The molecule has 3 nitrogen and oxygen atoms in total. The van der Waals surface area contributed by atoms with Crippen LogP contribution in [-0.2, 0) is 0 Å². The first-order chi connectivity index (χ1) is 7.03. The predicted molar refractivity (Wildman–Crippen MR) is 63.4 cm³/mol.